The van der Waals surface area contributed by atoms with E-state index in [9.17, 15) is 19.8 Å². The number of aliphatic hydroxyl groups excluding tert-OH is 2. The predicted molar refractivity (Wildman–Crippen MR) is 88.4 cm³/mol. The maximum atomic E-state index is 13.0. The Morgan fingerprint density at radius 2 is 1.96 bits per heavy atom. The lowest BCUT2D eigenvalue weighted by Gasteiger charge is -2.44. The molecule has 1 saturated carbocycles. The van der Waals surface area contributed by atoms with Gasteiger partial charge in [-0.2, -0.15) is 0 Å². The first-order chi connectivity index (χ1) is 11.9. The highest BCUT2D eigenvalue weighted by molar-refractivity contribution is 6.12. The van der Waals surface area contributed by atoms with E-state index in [-0.39, 0.29) is 17.5 Å². The van der Waals surface area contributed by atoms with Crippen molar-refractivity contribution < 1.29 is 24.5 Å². The van der Waals surface area contributed by atoms with Crippen LogP contribution in [0.4, 0.5) is 0 Å². The molecular weight excluding hydrogens is 320 g/mol. The predicted octanol–water partition coefficient (Wildman–Crippen LogP) is 2.21. The molecule has 5 nitrogen and oxygen atoms in total. The lowest BCUT2D eigenvalue weighted by Crippen LogP contribution is -2.43. The smallest absolute Gasteiger partial charge is 0.227 e. The Morgan fingerprint density at radius 1 is 1.16 bits per heavy atom. The number of aliphatic hydroxyl groups is 2. The van der Waals surface area contributed by atoms with E-state index in [2.05, 4.69) is 6.92 Å². The number of Topliss-reactive ketones (excluding diaryl/α,β-unsaturated/α-hetero) is 2. The summed E-state index contributed by atoms with van der Waals surface area (Å²) in [5, 5.41) is 20.6. The van der Waals surface area contributed by atoms with Gasteiger partial charge >= 0.3 is 0 Å². The zero-order valence-electron chi connectivity index (χ0n) is 14.0. The number of carbonyl (C=O) groups excluding carboxylic acids is 2. The molecule has 2 N–H and O–H groups in total. The second-order valence-electron chi connectivity index (χ2n) is 7.89. The summed E-state index contributed by atoms with van der Waals surface area (Å²) >= 11 is 0. The lowest BCUT2D eigenvalue weighted by atomic mass is 9.58. The van der Waals surface area contributed by atoms with Crippen LogP contribution < -0.4 is 0 Å². The third-order valence-electron chi connectivity index (χ3n) is 6.56. The van der Waals surface area contributed by atoms with Crippen LogP contribution in [0.1, 0.15) is 70.6 Å². The summed E-state index contributed by atoms with van der Waals surface area (Å²) in [4.78, 5) is 25.4. The summed E-state index contributed by atoms with van der Waals surface area (Å²) in [6.07, 6.45) is 0.881. The number of hydrogen-bond donors (Lipinski definition) is 2. The third kappa shape index (κ3) is 1.80. The molecule has 0 bridgehead atoms. The Labute approximate surface area is 145 Å². The minimum atomic E-state index is -0.709. The molecule has 1 fully saturated rings. The summed E-state index contributed by atoms with van der Waals surface area (Å²) in [5.41, 5.74) is 2.97. The van der Waals surface area contributed by atoms with Crippen LogP contribution in [-0.2, 0) is 10.2 Å². The number of allylic oxidation sites excluding steroid dienone is 1. The van der Waals surface area contributed by atoms with Gasteiger partial charge in [0.15, 0.2) is 11.5 Å². The van der Waals surface area contributed by atoms with Crippen LogP contribution in [0.5, 0.6) is 0 Å². The monoisotopic (exact) mass is 340 g/mol. The van der Waals surface area contributed by atoms with E-state index in [1.165, 1.54) is 0 Å². The Morgan fingerprint density at radius 3 is 2.76 bits per heavy atom. The van der Waals surface area contributed by atoms with Crippen LogP contribution in [-0.4, -0.2) is 34.5 Å². The first-order valence-electron chi connectivity index (χ1n) is 8.91. The molecule has 4 aliphatic rings. The van der Waals surface area contributed by atoms with Crippen molar-refractivity contribution in [1.82, 2.24) is 0 Å². The fourth-order valence-corrected chi connectivity index (χ4v) is 5.16. The topological polar surface area (TPSA) is 83.8 Å². The second kappa shape index (κ2) is 4.80. The average molecular weight is 340 g/mol. The highest BCUT2D eigenvalue weighted by Crippen LogP contribution is 2.55. The molecule has 130 valence electrons. The van der Waals surface area contributed by atoms with Crippen molar-refractivity contribution in [2.24, 2.45) is 5.92 Å². The summed E-state index contributed by atoms with van der Waals surface area (Å²) in [7, 11) is 0. The number of ketones is 2. The molecule has 5 rings (SSSR count). The number of carbonyl (C=O) groups is 2. The minimum absolute atomic E-state index is 0.0222. The minimum Gasteiger partial charge on any atom is -0.489 e. The SMILES string of the molecule is C[C@@]12CC[C@H](O)[C@@H]3COC(=C31)C(=O)c1cc3c(cc12)C(=O)CC[C@@H]3O. The fourth-order valence-electron chi connectivity index (χ4n) is 5.16. The van der Waals surface area contributed by atoms with Gasteiger partial charge in [0.05, 0.1) is 18.8 Å². The molecule has 0 saturated heterocycles. The summed E-state index contributed by atoms with van der Waals surface area (Å²) in [6, 6.07) is 3.52. The van der Waals surface area contributed by atoms with E-state index in [4.69, 9.17) is 4.74 Å². The van der Waals surface area contributed by atoms with E-state index in [1.54, 1.807) is 6.07 Å². The maximum absolute atomic E-state index is 13.0. The second-order valence-corrected chi connectivity index (χ2v) is 7.89. The van der Waals surface area contributed by atoms with Gasteiger partial charge in [-0.15, -0.1) is 0 Å². The third-order valence-corrected chi connectivity index (χ3v) is 6.56. The number of benzene rings is 1. The van der Waals surface area contributed by atoms with Gasteiger partial charge in [-0.05, 0) is 48.1 Å². The fraction of sp³-hybridized carbons (Fsp3) is 0.500. The van der Waals surface area contributed by atoms with E-state index >= 15 is 0 Å². The molecule has 0 amide bonds. The number of rotatable bonds is 0. The van der Waals surface area contributed by atoms with Gasteiger partial charge < -0.3 is 14.9 Å². The molecule has 0 aromatic heterocycles. The Kier molecular flexibility index (Phi) is 2.94. The molecule has 1 aliphatic heterocycles. The van der Waals surface area contributed by atoms with Gasteiger partial charge in [0.1, 0.15) is 0 Å². The normalized spacial score (nSPS) is 35.9. The highest BCUT2D eigenvalue weighted by atomic mass is 16.5. The molecule has 5 heteroatoms. The van der Waals surface area contributed by atoms with Crippen molar-refractivity contribution in [1.29, 1.82) is 0 Å². The van der Waals surface area contributed by atoms with Crippen molar-refractivity contribution in [3.63, 3.8) is 0 Å². The molecule has 3 aliphatic carbocycles. The van der Waals surface area contributed by atoms with Crippen LogP contribution in [0.3, 0.4) is 0 Å². The van der Waals surface area contributed by atoms with E-state index in [0.29, 0.717) is 54.7 Å². The van der Waals surface area contributed by atoms with Gasteiger partial charge in [-0.25, -0.2) is 0 Å². The van der Waals surface area contributed by atoms with Crippen LogP contribution >= 0.6 is 0 Å². The quantitative estimate of drug-likeness (QED) is 0.756. The standard InChI is InChI=1S/C20H20O5/c1-20-5-4-16(23)12-8-25-19(17(12)20)18(24)11-6-9-10(7-13(11)20)15(22)3-2-14(9)21/h6-7,12,14,16,21,23H,2-5,8H2,1H3/t12-,14-,16-,20-/m0/s1. The zero-order chi connectivity index (χ0) is 17.5. The molecule has 1 aromatic carbocycles. The Balaban J connectivity index is 1.78. The molecule has 0 radical (unpaired) electrons. The van der Waals surface area contributed by atoms with E-state index in [1.807, 2.05) is 6.07 Å². The number of fused-ring (bicyclic) bond motifs is 3. The maximum Gasteiger partial charge on any atom is 0.227 e. The van der Waals surface area contributed by atoms with E-state index < -0.39 is 17.6 Å². The average Bonchev–Trinajstić information content (AvgIpc) is 3.06. The molecule has 0 spiro atoms. The van der Waals surface area contributed by atoms with Gasteiger partial charge in [-0.3, -0.25) is 9.59 Å². The first-order valence-corrected chi connectivity index (χ1v) is 8.91. The molecule has 1 heterocycles. The van der Waals surface area contributed by atoms with Crippen molar-refractivity contribution in [3.8, 4) is 0 Å². The Bertz CT molecular complexity index is 867. The van der Waals surface area contributed by atoms with Crippen LogP contribution in [0.25, 0.3) is 0 Å². The summed E-state index contributed by atoms with van der Waals surface area (Å²) in [5.74, 6) is 0.0552. The molecule has 25 heavy (non-hydrogen) atoms. The largest absolute Gasteiger partial charge is 0.489 e. The molecule has 0 unspecified atom stereocenters. The number of ether oxygens (including phenoxy) is 1. The van der Waals surface area contributed by atoms with Gasteiger partial charge in [0, 0.05) is 28.9 Å². The van der Waals surface area contributed by atoms with E-state index in [0.717, 1.165) is 11.1 Å². The lowest BCUT2D eigenvalue weighted by molar-refractivity contribution is 0.0630. The first kappa shape index (κ1) is 15.3. The van der Waals surface area contributed by atoms with Crippen LogP contribution in [0.15, 0.2) is 23.5 Å². The van der Waals surface area contributed by atoms with Crippen molar-refractivity contribution >= 4 is 11.6 Å². The highest BCUT2D eigenvalue weighted by Gasteiger charge is 2.53. The molecular formula is C20H20O5. The Hall–Kier alpha value is -1.98. The van der Waals surface area contributed by atoms with Crippen LogP contribution in [0.2, 0.25) is 0 Å². The van der Waals surface area contributed by atoms with Crippen LogP contribution in [0, 0.1) is 5.92 Å². The van der Waals surface area contributed by atoms with Gasteiger partial charge in [0.25, 0.3) is 0 Å². The van der Waals surface area contributed by atoms with Crippen molar-refractivity contribution in [3.05, 3.63) is 45.7 Å². The summed E-state index contributed by atoms with van der Waals surface area (Å²) < 4.78 is 5.71. The molecule has 1 aromatic rings. The summed E-state index contributed by atoms with van der Waals surface area (Å²) in [6.45, 7) is 2.42. The molecule has 4 atom stereocenters. The van der Waals surface area contributed by atoms with Gasteiger partial charge in [-0.1, -0.05) is 6.92 Å². The van der Waals surface area contributed by atoms with Crippen molar-refractivity contribution in [2.45, 2.75) is 50.2 Å². The zero-order valence-corrected chi connectivity index (χ0v) is 14.0. The number of hydrogen-bond acceptors (Lipinski definition) is 5. The van der Waals surface area contributed by atoms with Crippen molar-refractivity contribution in [2.75, 3.05) is 6.61 Å². The van der Waals surface area contributed by atoms with Gasteiger partial charge in [0.2, 0.25) is 5.78 Å².